The van der Waals surface area contributed by atoms with E-state index in [0.29, 0.717) is 30.4 Å². The second-order valence-electron chi connectivity index (χ2n) is 5.01. The van der Waals surface area contributed by atoms with Crippen molar-refractivity contribution in [2.75, 3.05) is 25.4 Å². The van der Waals surface area contributed by atoms with Gasteiger partial charge in [-0.1, -0.05) is 0 Å². The summed E-state index contributed by atoms with van der Waals surface area (Å²) in [6, 6.07) is 2.00. The van der Waals surface area contributed by atoms with Crippen LogP contribution in [0.4, 0.5) is 5.69 Å². The van der Waals surface area contributed by atoms with Crippen LogP contribution in [0.3, 0.4) is 0 Å². The molecular formula is C13H17ClN4O2. The average Bonchev–Trinajstić information content (AvgIpc) is 3.23. The Hall–Kier alpha value is -1.82. The Morgan fingerprint density at radius 1 is 1.35 bits per heavy atom. The molecule has 2 fully saturated rings. The SMILES string of the molecule is Cl.Nc1ccncc1C(=O)N1CCN(C2CC2)C(=O)C1. The van der Waals surface area contributed by atoms with Crippen molar-refractivity contribution >= 4 is 29.9 Å². The van der Waals surface area contributed by atoms with E-state index >= 15 is 0 Å². The highest BCUT2D eigenvalue weighted by atomic mass is 35.5. The molecule has 1 aliphatic carbocycles. The van der Waals surface area contributed by atoms with E-state index in [9.17, 15) is 9.59 Å². The number of anilines is 1. The molecule has 0 radical (unpaired) electrons. The maximum atomic E-state index is 12.3. The molecule has 0 atom stereocenters. The Balaban J connectivity index is 0.00000147. The molecule has 2 aliphatic rings. The molecule has 0 unspecified atom stereocenters. The normalized spacial score (nSPS) is 18.7. The fraction of sp³-hybridized carbons (Fsp3) is 0.462. The molecule has 2 N–H and O–H groups in total. The largest absolute Gasteiger partial charge is 0.398 e. The van der Waals surface area contributed by atoms with Crippen LogP contribution >= 0.6 is 12.4 Å². The second-order valence-corrected chi connectivity index (χ2v) is 5.01. The van der Waals surface area contributed by atoms with Crippen LogP contribution in [0.15, 0.2) is 18.5 Å². The topological polar surface area (TPSA) is 79.5 Å². The Bertz CT molecular complexity index is 533. The van der Waals surface area contributed by atoms with Gasteiger partial charge in [-0.25, -0.2) is 0 Å². The van der Waals surface area contributed by atoms with E-state index in [-0.39, 0.29) is 30.8 Å². The zero-order valence-corrected chi connectivity index (χ0v) is 11.8. The predicted octanol–water partition coefficient (Wildman–Crippen LogP) is 0.532. The Morgan fingerprint density at radius 2 is 2.10 bits per heavy atom. The third-order valence-corrected chi connectivity index (χ3v) is 3.62. The molecule has 1 saturated heterocycles. The number of nitrogens with zero attached hydrogens (tertiary/aromatic N) is 3. The lowest BCUT2D eigenvalue weighted by Crippen LogP contribution is -2.53. The quantitative estimate of drug-likeness (QED) is 0.863. The summed E-state index contributed by atoms with van der Waals surface area (Å²) in [7, 11) is 0. The molecule has 2 heterocycles. The number of nitrogen functional groups attached to an aromatic ring is 1. The number of nitrogens with two attached hydrogens (primary N) is 1. The number of halogens is 1. The van der Waals surface area contributed by atoms with Gasteiger partial charge in [0.2, 0.25) is 5.91 Å². The smallest absolute Gasteiger partial charge is 0.258 e. The van der Waals surface area contributed by atoms with Gasteiger partial charge in [-0.15, -0.1) is 12.4 Å². The Morgan fingerprint density at radius 3 is 2.70 bits per heavy atom. The van der Waals surface area contributed by atoms with Crippen molar-refractivity contribution in [2.24, 2.45) is 0 Å². The molecule has 2 amide bonds. The van der Waals surface area contributed by atoms with E-state index in [1.165, 1.54) is 6.20 Å². The molecule has 108 valence electrons. The first-order valence-corrected chi connectivity index (χ1v) is 6.45. The van der Waals surface area contributed by atoms with Gasteiger partial charge in [0.25, 0.3) is 5.91 Å². The van der Waals surface area contributed by atoms with Crippen molar-refractivity contribution in [3.63, 3.8) is 0 Å². The van der Waals surface area contributed by atoms with Crippen LogP contribution in [0.1, 0.15) is 23.2 Å². The highest BCUT2D eigenvalue weighted by Crippen LogP contribution is 2.28. The summed E-state index contributed by atoms with van der Waals surface area (Å²) >= 11 is 0. The minimum absolute atomic E-state index is 0. The van der Waals surface area contributed by atoms with Crippen molar-refractivity contribution in [3.8, 4) is 0 Å². The standard InChI is InChI=1S/C13H16N4O2.ClH/c14-11-3-4-15-7-10(11)13(19)16-5-6-17(9-1-2-9)12(18)8-16;/h3-4,7,9H,1-2,5-6,8H2,(H2,14,15);1H. The minimum atomic E-state index is -0.214. The summed E-state index contributed by atoms with van der Waals surface area (Å²) in [5.41, 5.74) is 6.54. The van der Waals surface area contributed by atoms with Gasteiger partial charge < -0.3 is 15.5 Å². The van der Waals surface area contributed by atoms with Gasteiger partial charge >= 0.3 is 0 Å². The number of rotatable bonds is 2. The molecule has 7 heteroatoms. The summed E-state index contributed by atoms with van der Waals surface area (Å²) in [5.74, 6) is -0.182. The number of carbonyl (C=O) groups is 2. The van der Waals surface area contributed by atoms with Gasteiger partial charge in [0, 0.05) is 37.2 Å². The number of aromatic nitrogens is 1. The third-order valence-electron chi connectivity index (χ3n) is 3.62. The van der Waals surface area contributed by atoms with E-state index < -0.39 is 0 Å². The first kappa shape index (κ1) is 14.6. The molecule has 0 aromatic carbocycles. The Kier molecular flexibility index (Phi) is 4.13. The molecule has 1 saturated carbocycles. The fourth-order valence-corrected chi connectivity index (χ4v) is 2.39. The van der Waals surface area contributed by atoms with Crippen molar-refractivity contribution in [3.05, 3.63) is 24.0 Å². The second kappa shape index (κ2) is 5.66. The van der Waals surface area contributed by atoms with Gasteiger partial charge in [-0.05, 0) is 18.9 Å². The van der Waals surface area contributed by atoms with Crippen LogP contribution in [0.25, 0.3) is 0 Å². The molecule has 6 nitrogen and oxygen atoms in total. The van der Waals surface area contributed by atoms with E-state index in [1.54, 1.807) is 17.2 Å². The number of carbonyl (C=O) groups excluding carboxylic acids is 2. The number of hydrogen-bond donors (Lipinski definition) is 1. The lowest BCUT2D eigenvalue weighted by Gasteiger charge is -2.34. The van der Waals surface area contributed by atoms with Gasteiger partial charge in [0.15, 0.2) is 0 Å². The van der Waals surface area contributed by atoms with Crippen molar-refractivity contribution in [1.82, 2.24) is 14.8 Å². The number of amides is 2. The fourth-order valence-electron chi connectivity index (χ4n) is 2.39. The highest BCUT2D eigenvalue weighted by molar-refractivity contribution is 6.00. The maximum absolute atomic E-state index is 12.3. The minimum Gasteiger partial charge on any atom is -0.398 e. The lowest BCUT2D eigenvalue weighted by atomic mass is 10.2. The molecule has 1 aliphatic heterocycles. The molecule has 20 heavy (non-hydrogen) atoms. The van der Waals surface area contributed by atoms with E-state index in [1.807, 2.05) is 4.90 Å². The van der Waals surface area contributed by atoms with Crippen LogP contribution in [0.2, 0.25) is 0 Å². The van der Waals surface area contributed by atoms with E-state index in [0.717, 1.165) is 12.8 Å². The average molecular weight is 297 g/mol. The summed E-state index contributed by atoms with van der Waals surface area (Å²) in [6.07, 6.45) is 5.18. The van der Waals surface area contributed by atoms with Gasteiger partial charge in [0.1, 0.15) is 6.54 Å². The highest BCUT2D eigenvalue weighted by Gasteiger charge is 2.37. The zero-order chi connectivity index (χ0) is 13.4. The molecule has 1 aromatic rings. The van der Waals surface area contributed by atoms with Crippen LogP contribution in [0, 0.1) is 0 Å². The first-order valence-electron chi connectivity index (χ1n) is 6.45. The van der Waals surface area contributed by atoms with Crippen molar-refractivity contribution < 1.29 is 9.59 Å². The van der Waals surface area contributed by atoms with Crippen molar-refractivity contribution in [2.45, 2.75) is 18.9 Å². The van der Waals surface area contributed by atoms with Crippen molar-refractivity contribution in [1.29, 1.82) is 0 Å². The van der Waals surface area contributed by atoms with Gasteiger partial charge in [-0.2, -0.15) is 0 Å². The monoisotopic (exact) mass is 296 g/mol. The number of hydrogen-bond acceptors (Lipinski definition) is 4. The molecular weight excluding hydrogens is 280 g/mol. The zero-order valence-electron chi connectivity index (χ0n) is 11.0. The molecule has 3 rings (SSSR count). The molecule has 1 aromatic heterocycles. The van der Waals surface area contributed by atoms with E-state index in [2.05, 4.69) is 4.98 Å². The van der Waals surface area contributed by atoms with Gasteiger partial charge in [-0.3, -0.25) is 14.6 Å². The van der Waals surface area contributed by atoms with E-state index in [4.69, 9.17) is 5.73 Å². The number of piperazine rings is 1. The van der Waals surface area contributed by atoms with Crippen LogP contribution in [-0.4, -0.2) is 52.3 Å². The van der Waals surface area contributed by atoms with Crippen LogP contribution < -0.4 is 5.73 Å². The van der Waals surface area contributed by atoms with Gasteiger partial charge in [0.05, 0.1) is 5.56 Å². The summed E-state index contributed by atoms with van der Waals surface area (Å²) < 4.78 is 0. The summed E-state index contributed by atoms with van der Waals surface area (Å²) in [6.45, 7) is 1.33. The number of pyridine rings is 1. The predicted molar refractivity (Wildman–Crippen MR) is 76.5 cm³/mol. The van der Waals surface area contributed by atoms with Crippen LogP contribution in [0.5, 0.6) is 0 Å². The first-order chi connectivity index (χ1) is 9.16. The molecule has 0 spiro atoms. The lowest BCUT2D eigenvalue weighted by molar-refractivity contribution is -0.135. The summed E-state index contributed by atoms with van der Waals surface area (Å²) in [5, 5.41) is 0. The third kappa shape index (κ3) is 2.70. The maximum Gasteiger partial charge on any atom is 0.258 e. The summed E-state index contributed by atoms with van der Waals surface area (Å²) in [4.78, 5) is 31.6. The van der Waals surface area contributed by atoms with Crippen LogP contribution in [-0.2, 0) is 4.79 Å². The molecule has 0 bridgehead atoms. The Labute approximate surface area is 123 Å².